The molecule has 1 atom stereocenters. The average molecular weight is 269 g/mol. The SMILES string of the molecule is CCC(C)N(CC(=O)O)C(=O)CCc1ccsc1. The molecule has 1 amide bonds. The zero-order chi connectivity index (χ0) is 13.5. The first kappa shape index (κ1) is 14.7. The molecule has 0 spiro atoms. The maximum Gasteiger partial charge on any atom is 0.323 e. The molecule has 0 fully saturated rings. The Morgan fingerprint density at radius 3 is 2.72 bits per heavy atom. The number of thiophene rings is 1. The van der Waals surface area contributed by atoms with E-state index in [1.807, 2.05) is 30.7 Å². The molecule has 0 aliphatic rings. The van der Waals surface area contributed by atoms with E-state index in [1.165, 1.54) is 4.90 Å². The second kappa shape index (κ2) is 7.16. The summed E-state index contributed by atoms with van der Waals surface area (Å²) in [5, 5.41) is 12.8. The van der Waals surface area contributed by atoms with Gasteiger partial charge in [0.2, 0.25) is 5.91 Å². The van der Waals surface area contributed by atoms with E-state index in [0.717, 1.165) is 12.0 Å². The van der Waals surface area contributed by atoms with Gasteiger partial charge >= 0.3 is 5.97 Å². The van der Waals surface area contributed by atoms with Crippen LogP contribution in [0.5, 0.6) is 0 Å². The lowest BCUT2D eigenvalue weighted by Crippen LogP contribution is -2.41. The number of carboxylic acids is 1. The maximum absolute atomic E-state index is 12.0. The lowest BCUT2D eigenvalue weighted by molar-refractivity contribution is -0.146. The number of aryl methyl sites for hydroxylation is 1. The summed E-state index contributed by atoms with van der Waals surface area (Å²) in [6, 6.07) is 1.96. The molecular weight excluding hydrogens is 250 g/mol. The minimum Gasteiger partial charge on any atom is -0.480 e. The Labute approximate surface area is 111 Å². The Bertz CT molecular complexity index is 389. The van der Waals surface area contributed by atoms with Crippen LogP contribution in [0.3, 0.4) is 0 Å². The van der Waals surface area contributed by atoms with Crippen molar-refractivity contribution >= 4 is 23.2 Å². The van der Waals surface area contributed by atoms with Gasteiger partial charge in [0.05, 0.1) is 0 Å². The van der Waals surface area contributed by atoms with Crippen molar-refractivity contribution in [3.63, 3.8) is 0 Å². The molecule has 1 aromatic rings. The van der Waals surface area contributed by atoms with Crippen LogP contribution >= 0.6 is 11.3 Å². The van der Waals surface area contributed by atoms with Gasteiger partial charge in [0.25, 0.3) is 0 Å². The standard InChI is InChI=1S/C13H19NO3S/c1-3-10(2)14(8-13(16)17)12(15)5-4-11-6-7-18-9-11/h6-7,9-10H,3-5,8H2,1-2H3,(H,16,17). The fourth-order valence-corrected chi connectivity index (χ4v) is 2.39. The molecular formula is C13H19NO3S. The summed E-state index contributed by atoms with van der Waals surface area (Å²) in [5.74, 6) is -1.04. The van der Waals surface area contributed by atoms with Crippen LogP contribution in [0.1, 0.15) is 32.3 Å². The lowest BCUT2D eigenvalue weighted by Gasteiger charge is -2.26. The van der Waals surface area contributed by atoms with Crippen LogP contribution in [0.15, 0.2) is 16.8 Å². The van der Waals surface area contributed by atoms with Crippen LogP contribution in [0, 0.1) is 0 Å². The number of carboxylic acid groups (broad SMARTS) is 1. The number of amides is 1. The summed E-state index contributed by atoms with van der Waals surface area (Å²) in [4.78, 5) is 24.3. The molecule has 1 N–H and O–H groups in total. The van der Waals surface area contributed by atoms with Gasteiger partial charge in [0, 0.05) is 12.5 Å². The number of carbonyl (C=O) groups excluding carboxylic acids is 1. The van der Waals surface area contributed by atoms with Crippen molar-refractivity contribution in [3.8, 4) is 0 Å². The quantitative estimate of drug-likeness (QED) is 0.827. The highest BCUT2D eigenvalue weighted by molar-refractivity contribution is 7.07. The maximum atomic E-state index is 12.0. The average Bonchev–Trinajstić information content (AvgIpc) is 2.85. The fourth-order valence-electron chi connectivity index (χ4n) is 1.69. The van der Waals surface area contributed by atoms with Gasteiger partial charge in [-0.25, -0.2) is 0 Å². The van der Waals surface area contributed by atoms with E-state index >= 15 is 0 Å². The van der Waals surface area contributed by atoms with E-state index in [1.54, 1.807) is 11.3 Å². The molecule has 0 radical (unpaired) electrons. The molecule has 1 heterocycles. The number of nitrogens with zero attached hydrogens (tertiary/aromatic N) is 1. The van der Waals surface area contributed by atoms with Gasteiger partial charge < -0.3 is 10.0 Å². The first-order valence-electron chi connectivity index (χ1n) is 6.07. The molecule has 0 aliphatic carbocycles. The fraction of sp³-hybridized carbons (Fsp3) is 0.538. The van der Waals surface area contributed by atoms with Gasteiger partial charge in [-0.15, -0.1) is 0 Å². The molecule has 0 saturated carbocycles. The van der Waals surface area contributed by atoms with Gasteiger partial charge in [0.1, 0.15) is 6.54 Å². The highest BCUT2D eigenvalue weighted by Gasteiger charge is 2.21. The molecule has 18 heavy (non-hydrogen) atoms. The van der Waals surface area contributed by atoms with Gasteiger partial charge in [-0.2, -0.15) is 11.3 Å². The number of hydrogen-bond acceptors (Lipinski definition) is 3. The van der Waals surface area contributed by atoms with Gasteiger partial charge in [0.15, 0.2) is 0 Å². The molecule has 1 rings (SSSR count). The van der Waals surface area contributed by atoms with Crippen molar-refractivity contribution in [2.24, 2.45) is 0 Å². The normalized spacial score (nSPS) is 12.1. The summed E-state index contributed by atoms with van der Waals surface area (Å²) in [7, 11) is 0. The summed E-state index contributed by atoms with van der Waals surface area (Å²) in [6.07, 6.45) is 1.81. The van der Waals surface area contributed by atoms with Gasteiger partial charge in [-0.1, -0.05) is 6.92 Å². The van der Waals surface area contributed by atoms with Crippen molar-refractivity contribution in [2.45, 2.75) is 39.2 Å². The molecule has 0 aliphatic heterocycles. The Balaban J connectivity index is 2.55. The molecule has 0 aromatic carbocycles. The van der Waals surface area contributed by atoms with E-state index in [2.05, 4.69) is 0 Å². The Hall–Kier alpha value is -1.36. The summed E-state index contributed by atoms with van der Waals surface area (Å²) < 4.78 is 0. The minimum absolute atomic E-state index is 0.0314. The smallest absolute Gasteiger partial charge is 0.323 e. The lowest BCUT2D eigenvalue weighted by atomic mass is 10.1. The number of rotatable bonds is 7. The summed E-state index contributed by atoms with van der Waals surface area (Å²) in [6.45, 7) is 3.62. The highest BCUT2D eigenvalue weighted by Crippen LogP contribution is 2.11. The number of hydrogen-bond donors (Lipinski definition) is 1. The van der Waals surface area contributed by atoms with E-state index in [4.69, 9.17) is 5.11 Å². The predicted molar refractivity (Wildman–Crippen MR) is 71.7 cm³/mol. The molecule has 100 valence electrons. The summed E-state index contributed by atoms with van der Waals surface area (Å²) in [5.41, 5.74) is 1.13. The number of carbonyl (C=O) groups is 2. The largest absolute Gasteiger partial charge is 0.480 e. The predicted octanol–water partition coefficient (Wildman–Crippen LogP) is 2.39. The van der Waals surface area contributed by atoms with Crippen molar-refractivity contribution in [2.75, 3.05) is 6.54 Å². The molecule has 1 unspecified atom stereocenters. The molecule has 0 bridgehead atoms. The second-order valence-corrected chi connectivity index (χ2v) is 5.08. The molecule has 5 heteroatoms. The first-order chi connectivity index (χ1) is 8.54. The van der Waals surface area contributed by atoms with E-state index in [9.17, 15) is 9.59 Å². The number of aliphatic carboxylic acids is 1. The third kappa shape index (κ3) is 4.49. The van der Waals surface area contributed by atoms with Crippen LogP contribution in [0.2, 0.25) is 0 Å². The van der Waals surface area contributed by atoms with Crippen LogP contribution in [-0.4, -0.2) is 34.5 Å². The van der Waals surface area contributed by atoms with Gasteiger partial charge in [-0.3, -0.25) is 9.59 Å². The minimum atomic E-state index is -0.959. The van der Waals surface area contributed by atoms with Crippen LogP contribution < -0.4 is 0 Å². The zero-order valence-electron chi connectivity index (χ0n) is 10.8. The molecule has 1 aromatic heterocycles. The molecule has 0 saturated heterocycles. The monoisotopic (exact) mass is 269 g/mol. The zero-order valence-corrected chi connectivity index (χ0v) is 11.6. The van der Waals surface area contributed by atoms with Crippen molar-refractivity contribution in [3.05, 3.63) is 22.4 Å². The Morgan fingerprint density at radius 1 is 1.50 bits per heavy atom. The van der Waals surface area contributed by atoms with Gasteiger partial charge in [-0.05, 0) is 42.2 Å². The molecule has 4 nitrogen and oxygen atoms in total. The third-order valence-electron chi connectivity index (χ3n) is 2.96. The van der Waals surface area contributed by atoms with Crippen molar-refractivity contribution < 1.29 is 14.7 Å². The summed E-state index contributed by atoms with van der Waals surface area (Å²) >= 11 is 1.60. The van der Waals surface area contributed by atoms with E-state index < -0.39 is 5.97 Å². The van der Waals surface area contributed by atoms with Crippen LogP contribution in [0.25, 0.3) is 0 Å². The highest BCUT2D eigenvalue weighted by atomic mass is 32.1. The van der Waals surface area contributed by atoms with Crippen LogP contribution in [-0.2, 0) is 16.0 Å². The van der Waals surface area contributed by atoms with E-state index in [0.29, 0.717) is 12.8 Å². The van der Waals surface area contributed by atoms with E-state index in [-0.39, 0.29) is 18.5 Å². The first-order valence-corrected chi connectivity index (χ1v) is 7.01. The van der Waals surface area contributed by atoms with Crippen LogP contribution in [0.4, 0.5) is 0 Å². The van der Waals surface area contributed by atoms with Crippen molar-refractivity contribution in [1.29, 1.82) is 0 Å². The third-order valence-corrected chi connectivity index (χ3v) is 3.69. The van der Waals surface area contributed by atoms with Crippen molar-refractivity contribution in [1.82, 2.24) is 4.90 Å². The Kier molecular flexibility index (Phi) is 5.85. The topological polar surface area (TPSA) is 57.6 Å². The Morgan fingerprint density at radius 2 is 2.22 bits per heavy atom. The second-order valence-electron chi connectivity index (χ2n) is 4.30.